The van der Waals surface area contributed by atoms with Gasteiger partial charge in [-0.2, -0.15) is 0 Å². The van der Waals surface area contributed by atoms with E-state index in [1.54, 1.807) is 6.92 Å². The Morgan fingerprint density at radius 2 is 2.07 bits per heavy atom. The lowest BCUT2D eigenvalue weighted by Crippen LogP contribution is -2.24. The molecule has 0 N–H and O–H groups in total. The number of aromatic nitrogens is 2. The highest BCUT2D eigenvalue weighted by atomic mass is 32.2. The average Bonchev–Trinajstić information content (AvgIpc) is 2.51. The molecule has 0 unspecified atom stereocenters. The highest BCUT2D eigenvalue weighted by Crippen LogP contribution is 2.25. The topological polar surface area (TPSA) is 53.0 Å². The fourth-order valence-electron chi connectivity index (χ4n) is 1.02. The van der Waals surface area contributed by atoms with Gasteiger partial charge in [-0.1, -0.05) is 18.2 Å². The fourth-order valence-corrected chi connectivity index (χ4v) is 1.83. The highest BCUT2D eigenvalue weighted by molar-refractivity contribution is 7.99. The van der Waals surface area contributed by atoms with E-state index in [1.807, 2.05) is 30.3 Å². The Kier molecular flexibility index (Phi) is 2.41. The van der Waals surface area contributed by atoms with Gasteiger partial charge in [0.05, 0.1) is 0 Å². The summed E-state index contributed by atoms with van der Waals surface area (Å²) < 4.78 is 4.46. The molecule has 0 saturated heterocycles. The van der Waals surface area contributed by atoms with Gasteiger partial charge in [0.1, 0.15) is 0 Å². The van der Waals surface area contributed by atoms with Gasteiger partial charge in [0.25, 0.3) is 5.03 Å². The van der Waals surface area contributed by atoms with Gasteiger partial charge in [-0.05, 0) is 28.8 Å². The normalized spacial score (nSPS) is 10.4. The lowest BCUT2D eigenvalue weighted by Gasteiger charge is -1.96. The van der Waals surface area contributed by atoms with Gasteiger partial charge in [-0.25, -0.2) is 0 Å². The third kappa shape index (κ3) is 1.72. The molecule has 2 aromatic rings. The van der Waals surface area contributed by atoms with Crippen molar-refractivity contribution < 1.29 is 9.53 Å². The zero-order valence-electron chi connectivity index (χ0n) is 7.51. The van der Waals surface area contributed by atoms with E-state index >= 15 is 0 Å². The van der Waals surface area contributed by atoms with Gasteiger partial charge in [0.2, 0.25) is 5.69 Å². The molecule has 0 spiro atoms. The predicted octanol–water partition coefficient (Wildman–Crippen LogP) is 1.77. The monoisotopic (exact) mass is 208 g/mol. The molecule has 1 aromatic heterocycles. The summed E-state index contributed by atoms with van der Waals surface area (Å²) in [6.07, 6.45) is 0. The van der Waals surface area contributed by atoms with E-state index < -0.39 is 0 Å². The number of rotatable bonds is 2. The van der Waals surface area contributed by atoms with Gasteiger partial charge in [-0.15, -0.1) is 0 Å². The number of benzene rings is 1. The largest absolute Gasteiger partial charge is 0.359 e. The summed E-state index contributed by atoms with van der Waals surface area (Å²) in [7, 11) is 0. The van der Waals surface area contributed by atoms with Crippen molar-refractivity contribution in [2.45, 2.75) is 16.8 Å². The smallest absolute Gasteiger partial charge is 0.259 e. The summed E-state index contributed by atoms with van der Waals surface area (Å²) in [5.41, 5.74) is 0.605. The quantitative estimate of drug-likeness (QED) is 0.706. The highest BCUT2D eigenvalue weighted by Gasteiger charge is 2.15. The van der Waals surface area contributed by atoms with Crippen LogP contribution in [-0.4, -0.2) is 5.16 Å². The van der Waals surface area contributed by atoms with Crippen LogP contribution in [0.1, 0.15) is 5.69 Å². The van der Waals surface area contributed by atoms with Crippen molar-refractivity contribution in [3.8, 4) is 0 Å². The first-order valence-corrected chi connectivity index (χ1v) is 4.88. The Labute approximate surface area is 85.1 Å². The maximum atomic E-state index is 11.1. The minimum Gasteiger partial charge on any atom is -0.359 e. The third-order valence-corrected chi connectivity index (χ3v) is 2.83. The average molecular weight is 208 g/mol. The first kappa shape index (κ1) is 9.08. The SMILES string of the molecule is Cc1no[n+]([O-])c1Sc1ccccc1. The van der Waals surface area contributed by atoms with Crippen LogP contribution < -0.4 is 4.90 Å². The van der Waals surface area contributed by atoms with E-state index in [2.05, 4.69) is 9.79 Å². The molecule has 0 aliphatic carbocycles. The molecule has 0 radical (unpaired) electrons. The lowest BCUT2D eigenvalue weighted by molar-refractivity contribution is -0.831. The second kappa shape index (κ2) is 3.71. The summed E-state index contributed by atoms with van der Waals surface area (Å²) in [5.74, 6) is 0. The van der Waals surface area contributed by atoms with Crippen LogP contribution in [0.25, 0.3) is 0 Å². The van der Waals surface area contributed by atoms with Crippen molar-refractivity contribution in [2.24, 2.45) is 0 Å². The molecule has 1 heterocycles. The second-order valence-corrected chi connectivity index (χ2v) is 3.80. The fraction of sp³-hybridized carbons (Fsp3) is 0.111. The predicted molar refractivity (Wildman–Crippen MR) is 50.8 cm³/mol. The lowest BCUT2D eigenvalue weighted by atomic mass is 10.4. The van der Waals surface area contributed by atoms with Crippen molar-refractivity contribution in [1.29, 1.82) is 0 Å². The van der Waals surface area contributed by atoms with Crippen molar-refractivity contribution in [3.63, 3.8) is 0 Å². The molecule has 72 valence electrons. The van der Waals surface area contributed by atoms with Gasteiger partial charge in [0, 0.05) is 17.0 Å². The van der Waals surface area contributed by atoms with Crippen molar-refractivity contribution >= 4 is 11.8 Å². The van der Waals surface area contributed by atoms with Crippen LogP contribution in [-0.2, 0) is 0 Å². The molecule has 5 heteroatoms. The molecule has 14 heavy (non-hydrogen) atoms. The molecule has 1 aromatic carbocycles. The van der Waals surface area contributed by atoms with Gasteiger partial charge in [0.15, 0.2) is 0 Å². The molecule has 0 bridgehead atoms. The zero-order chi connectivity index (χ0) is 9.97. The zero-order valence-corrected chi connectivity index (χ0v) is 8.32. The molecule has 0 saturated carbocycles. The van der Waals surface area contributed by atoms with Crippen LogP contribution >= 0.6 is 11.8 Å². The van der Waals surface area contributed by atoms with E-state index in [4.69, 9.17) is 0 Å². The molecule has 0 atom stereocenters. The molecule has 0 fully saturated rings. The van der Waals surface area contributed by atoms with Gasteiger partial charge >= 0.3 is 0 Å². The van der Waals surface area contributed by atoms with E-state index in [-0.39, 0.29) is 0 Å². The maximum absolute atomic E-state index is 11.1. The molecule has 2 rings (SSSR count). The van der Waals surface area contributed by atoms with Crippen LogP contribution in [0.3, 0.4) is 0 Å². The van der Waals surface area contributed by atoms with Gasteiger partial charge < -0.3 is 5.21 Å². The van der Waals surface area contributed by atoms with Crippen LogP contribution in [0, 0.1) is 12.1 Å². The van der Waals surface area contributed by atoms with E-state index in [0.29, 0.717) is 15.6 Å². The molecule has 0 aliphatic heterocycles. The second-order valence-electron chi connectivity index (χ2n) is 2.74. The van der Waals surface area contributed by atoms with Crippen molar-refractivity contribution in [1.82, 2.24) is 5.16 Å². The van der Waals surface area contributed by atoms with Crippen LogP contribution in [0.2, 0.25) is 0 Å². The minimum atomic E-state index is 0.424. The number of hydrogen-bond donors (Lipinski definition) is 0. The number of hydrogen-bond acceptors (Lipinski definition) is 4. The Hall–Kier alpha value is -1.49. The molecular formula is C9H8N2O2S. The summed E-state index contributed by atoms with van der Waals surface area (Å²) in [6, 6.07) is 9.62. The Morgan fingerprint density at radius 3 is 2.64 bits per heavy atom. The van der Waals surface area contributed by atoms with Gasteiger partial charge in [-0.3, -0.25) is 4.63 Å². The maximum Gasteiger partial charge on any atom is 0.259 e. The van der Waals surface area contributed by atoms with Crippen molar-refractivity contribution in [3.05, 3.63) is 41.2 Å². The van der Waals surface area contributed by atoms with Crippen LogP contribution in [0.4, 0.5) is 0 Å². The van der Waals surface area contributed by atoms with Crippen LogP contribution in [0.5, 0.6) is 0 Å². The van der Waals surface area contributed by atoms with E-state index in [0.717, 1.165) is 4.90 Å². The molecule has 0 amide bonds. The first-order valence-electron chi connectivity index (χ1n) is 4.06. The number of aryl methyl sites for hydroxylation is 1. The Balaban J connectivity index is 2.27. The summed E-state index contributed by atoms with van der Waals surface area (Å²) in [6.45, 7) is 1.74. The summed E-state index contributed by atoms with van der Waals surface area (Å²) >= 11 is 1.34. The standard InChI is InChI=1S/C9H8N2O2S/c1-7-9(11(12)13-10-7)14-8-5-3-2-4-6-8/h2-6H,1H3. The number of nitrogens with zero attached hydrogens (tertiary/aromatic N) is 2. The Bertz CT molecular complexity index is 408. The molecular weight excluding hydrogens is 200 g/mol. The van der Waals surface area contributed by atoms with Crippen LogP contribution in [0.15, 0.2) is 44.9 Å². The minimum absolute atomic E-state index is 0.424. The van der Waals surface area contributed by atoms with E-state index in [9.17, 15) is 5.21 Å². The summed E-state index contributed by atoms with van der Waals surface area (Å²) in [4.78, 5) is 1.41. The molecule has 4 nitrogen and oxygen atoms in total. The third-order valence-electron chi connectivity index (χ3n) is 1.68. The summed E-state index contributed by atoms with van der Waals surface area (Å²) in [5, 5.41) is 15.2. The van der Waals surface area contributed by atoms with E-state index in [1.165, 1.54) is 11.8 Å². The van der Waals surface area contributed by atoms with Crippen molar-refractivity contribution in [2.75, 3.05) is 0 Å². The Morgan fingerprint density at radius 1 is 1.36 bits per heavy atom. The molecule has 0 aliphatic rings. The first-order chi connectivity index (χ1) is 6.77.